The van der Waals surface area contributed by atoms with E-state index in [0.29, 0.717) is 10.3 Å². The zero-order chi connectivity index (χ0) is 11.7. The summed E-state index contributed by atoms with van der Waals surface area (Å²) in [6.07, 6.45) is 1.01. The minimum Gasteiger partial charge on any atom is -0.313 e. The van der Waals surface area contributed by atoms with Crippen LogP contribution < -0.4 is 5.32 Å². The number of rotatable bonds is 1. The topological polar surface area (TPSA) is 12.0 Å². The third-order valence-electron chi connectivity index (χ3n) is 3.00. The molecule has 1 aromatic carbocycles. The van der Waals surface area contributed by atoms with Crippen LogP contribution >= 0.6 is 23.4 Å². The van der Waals surface area contributed by atoms with Crippen molar-refractivity contribution in [2.45, 2.75) is 30.4 Å². The summed E-state index contributed by atoms with van der Waals surface area (Å²) in [5.74, 6) is 0.622. The summed E-state index contributed by atoms with van der Waals surface area (Å²) in [5, 5.41) is 4.36. The molecule has 2 rings (SSSR count). The lowest BCUT2D eigenvalue weighted by Crippen LogP contribution is -2.19. The van der Waals surface area contributed by atoms with Crippen LogP contribution in [-0.2, 0) is 5.75 Å². The molecule has 88 valence electrons. The van der Waals surface area contributed by atoms with Crippen LogP contribution in [0.25, 0.3) is 0 Å². The molecule has 1 heterocycles. The lowest BCUT2D eigenvalue weighted by atomic mass is 9.97. The van der Waals surface area contributed by atoms with E-state index in [2.05, 4.69) is 12.2 Å². The summed E-state index contributed by atoms with van der Waals surface area (Å²) in [6, 6.07) is 3.22. The predicted molar refractivity (Wildman–Crippen MR) is 68.6 cm³/mol. The molecule has 1 N–H and O–H groups in total. The Morgan fingerprint density at radius 2 is 2.25 bits per heavy atom. The van der Waals surface area contributed by atoms with Crippen molar-refractivity contribution in [3.05, 3.63) is 34.1 Å². The largest absolute Gasteiger partial charge is 0.313 e. The van der Waals surface area contributed by atoms with Crippen molar-refractivity contribution in [1.82, 2.24) is 5.32 Å². The fourth-order valence-corrected chi connectivity index (χ4v) is 3.57. The molecule has 0 saturated carbocycles. The summed E-state index contributed by atoms with van der Waals surface area (Å²) in [5.41, 5.74) is 2.10. The van der Waals surface area contributed by atoms with Crippen LogP contribution in [0, 0.1) is 5.82 Å². The quantitative estimate of drug-likeness (QED) is 0.824. The van der Waals surface area contributed by atoms with E-state index in [-0.39, 0.29) is 11.9 Å². The SMILES string of the molecule is CNC1CC(C)SCc2c(Cl)cc(F)cc21. The molecule has 1 nitrogen and oxygen atoms in total. The number of fused-ring (bicyclic) bond motifs is 1. The Morgan fingerprint density at radius 3 is 2.94 bits per heavy atom. The fraction of sp³-hybridized carbons (Fsp3) is 0.500. The van der Waals surface area contributed by atoms with E-state index in [4.69, 9.17) is 11.6 Å². The normalized spacial score (nSPS) is 25.0. The average Bonchev–Trinajstić information content (AvgIpc) is 2.38. The highest BCUT2D eigenvalue weighted by Gasteiger charge is 2.23. The summed E-state index contributed by atoms with van der Waals surface area (Å²) in [7, 11) is 1.91. The molecule has 2 unspecified atom stereocenters. The van der Waals surface area contributed by atoms with Crippen molar-refractivity contribution in [3.8, 4) is 0 Å². The van der Waals surface area contributed by atoms with Crippen molar-refractivity contribution in [3.63, 3.8) is 0 Å². The van der Waals surface area contributed by atoms with Crippen LogP contribution in [0.2, 0.25) is 5.02 Å². The first-order valence-electron chi connectivity index (χ1n) is 5.38. The Labute approximate surface area is 105 Å². The third-order valence-corrected chi connectivity index (χ3v) is 4.55. The maximum atomic E-state index is 13.4. The van der Waals surface area contributed by atoms with E-state index in [1.54, 1.807) is 6.07 Å². The molecule has 0 saturated heterocycles. The molecule has 2 atom stereocenters. The lowest BCUT2D eigenvalue weighted by molar-refractivity contribution is 0.542. The highest BCUT2D eigenvalue weighted by Crippen LogP contribution is 2.38. The van der Waals surface area contributed by atoms with Gasteiger partial charge in [-0.05, 0) is 36.7 Å². The van der Waals surface area contributed by atoms with Gasteiger partial charge in [-0.3, -0.25) is 0 Å². The molecule has 4 heteroatoms. The second-order valence-electron chi connectivity index (χ2n) is 4.15. The van der Waals surface area contributed by atoms with Crippen LogP contribution in [0.15, 0.2) is 12.1 Å². The number of nitrogens with one attached hydrogen (secondary N) is 1. The second-order valence-corrected chi connectivity index (χ2v) is 5.99. The van der Waals surface area contributed by atoms with E-state index < -0.39 is 0 Å². The number of thioether (sulfide) groups is 1. The van der Waals surface area contributed by atoms with Gasteiger partial charge in [0.25, 0.3) is 0 Å². The van der Waals surface area contributed by atoms with Crippen LogP contribution in [-0.4, -0.2) is 12.3 Å². The van der Waals surface area contributed by atoms with Gasteiger partial charge in [-0.2, -0.15) is 11.8 Å². The molecule has 1 aliphatic rings. The molecule has 1 aliphatic heterocycles. The molecule has 0 bridgehead atoms. The van der Waals surface area contributed by atoms with Gasteiger partial charge in [0.15, 0.2) is 0 Å². The Bertz CT molecular complexity index is 397. The first kappa shape index (κ1) is 12.2. The molecule has 0 radical (unpaired) electrons. The van der Waals surface area contributed by atoms with Crippen LogP contribution in [0.1, 0.15) is 30.5 Å². The summed E-state index contributed by atoms with van der Waals surface area (Å²) in [4.78, 5) is 0. The van der Waals surface area contributed by atoms with Gasteiger partial charge in [0.2, 0.25) is 0 Å². The lowest BCUT2D eigenvalue weighted by Gasteiger charge is -2.18. The smallest absolute Gasteiger partial charge is 0.125 e. The molecule has 0 fully saturated rings. The van der Waals surface area contributed by atoms with E-state index in [1.165, 1.54) is 6.07 Å². The summed E-state index contributed by atoms with van der Waals surface area (Å²) < 4.78 is 13.4. The Hall–Kier alpha value is -0.250. The standard InChI is InChI=1S/C12H15ClFNS/c1-7-3-12(15-2)9-4-8(14)5-11(13)10(9)6-16-7/h4-5,7,12,15H,3,6H2,1-2H3. The van der Waals surface area contributed by atoms with Crippen molar-refractivity contribution >= 4 is 23.4 Å². The molecule has 0 amide bonds. The minimum absolute atomic E-state index is 0.202. The Balaban J connectivity index is 2.48. The van der Waals surface area contributed by atoms with Gasteiger partial charge < -0.3 is 5.32 Å². The van der Waals surface area contributed by atoms with Crippen molar-refractivity contribution in [1.29, 1.82) is 0 Å². The molecule has 1 aromatic rings. The minimum atomic E-state index is -0.247. The second kappa shape index (κ2) is 4.94. The zero-order valence-electron chi connectivity index (χ0n) is 9.39. The van der Waals surface area contributed by atoms with Crippen molar-refractivity contribution in [2.24, 2.45) is 0 Å². The number of halogens is 2. The average molecular weight is 260 g/mol. The molecule has 0 aromatic heterocycles. The van der Waals surface area contributed by atoms with E-state index in [1.807, 2.05) is 18.8 Å². The van der Waals surface area contributed by atoms with E-state index in [0.717, 1.165) is 23.3 Å². The van der Waals surface area contributed by atoms with Crippen LogP contribution in [0.4, 0.5) is 4.39 Å². The number of benzene rings is 1. The van der Waals surface area contributed by atoms with Gasteiger partial charge in [-0.15, -0.1) is 0 Å². The highest BCUT2D eigenvalue weighted by atomic mass is 35.5. The van der Waals surface area contributed by atoms with Crippen LogP contribution in [0.5, 0.6) is 0 Å². The molecular weight excluding hydrogens is 245 g/mol. The molecule has 16 heavy (non-hydrogen) atoms. The molecular formula is C12H15ClFNS. The monoisotopic (exact) mass is 259 g/mol. The van der Waals surface area contributed by atoms with Gasteiger partial charge in [0.05, 0.1) is 0 Å². The first-order valence-corrected chi connectivity index (χ1v) is 6.81. The van der Waals surface area contributed by atoms with Gasteiger partial charge >= 0.3 is 0 Å². The molecule has 0 aliphatic carbocycles. The van der Waals surface area contributed by atoms with E-state index in [9.17, 15) is 4.39 Å². The van der Waals surface area contributed by atoms with E-state index >= 15 is 0 Å². The Morgan fingerprint density at radius 1 is 1.50 bits per heavy atom. The van der Waals surface area contributed by atoms with Gasteiger partial charge in [0.1, 0.15) is 5.82 Å². The number of hydrogen-bond acceptors (Lipinski definition) is 2. The summed E-state index contributed by atoms with van der Waals surface area (Å²) >= 11 is 7.98. The molecule has 0 spiro atoms. The van der Waals surface area contributed by atoms with Gasteiger partial charge in [0, 0.05) is 22.1 Å². The van der Waals surface area contributed by atoms with Crippen molar-refractivity contribution in [2.75, 3.05) is 7.05 Å². The first-order chi connectivity index (χ1) is 7.61. The maximum absolute atomic E-state index is 13.4. The summed E-state index contributed by atoms with van der Waals surface area (Å²) in [6.45, 7) is 2.20. The zero-order valence-corrected chi connectivity index (χ0v) is 11.0. The Kier molecular flexibility index (Phi) is 3.77. The van der Waals surface area contributed by atoms with Crippen molar-refractivity contribution < 1.29 is 4.39 Å². The van der Waals surface area contributed by atoms with Gasteiger partial charge in [-0.1, -0.05) is 18.5 Å². The predicted octanol–water partition coefficient (Wildman–Crippen LogP) is 3.77. The number of hydrogen-bond donors (Lipinski definition) is 1. The van der Waals surface area contributed by atoms with Gasteiger partial charge in [-0.25, -0.2) is 4.39 Å². The highest BCUT2D eigenvalue weighted by molar-refractivity contribution is 7.99. The maximum Gasteiger partial charge on any atom is 0.125 e. The third kappa shape index (κ3) is 2.36. The van der Waals surface area contributed by atoms with Crippen LogP contribution in [0.3, 0.4) is 0 Å². The fourth-order valence-electron chi connectivity index (χ4n) is 2.11.